The normalized spacial score (nSPS) is 13.3. The average Bonchev–Trinajstić information content (AvgIpc) is 2.59. The Labute approximate surface area is 164 Å². The summed E-state index contributed by atoms with van der Waals surface area (Å²) >= 11 is 0. The highest BCUT2D eigenvalue weighted by Gasteiger charge is 2.27. The molecule has 0 saturated heterocycles. The number of phenols is 2. The van der Waals surface area contributed by atoms with Crippen molar-refractivity contribution in [3.05, 3.63) is 59.7 Å². The maximum absolute atomic E-state index is 12.9. The smallest absolute Gasteiger partial charge is 0.408 e. The molecule has 2 aromatic rings. The lowest BCUT2D eigenvalue weighted by Crippen LogP contribution is -2.43. The summed E-state index contributed by atoms with van der Waals surface area (Å²) < 4.78 is 5.26. The molecule has 0 radical (unpaired) electrons. The van der Waals surface area contributed by atoms with Gasteiger partial charge in [0.25, 0.3) is 0 Å². The number of hydrogen-bond acceptors (Lipinski definition) is 5. The minimum Gasteiger partial charge on any atom is -0.508 e. The Kier molecular flexibility index (Phi) is 6.51. The second kappa shape index (κ2) is 8.65. The van der Waals surface area contributed by atoms with Crippen molar-refractivity contribution in [3.8, 4) is 11.5 Å². The van der Waals surface area contributed by atoms with Gasteiger partial charge in [-0.2, -0.15) is 0 Å². The van der Waals surface area contributed by atoms with Gasteiger partial charge in [0.15, 0.2) is 0 Å². The van der Waals surface area contributed by atoms with Crippen LogP contribution in [0.4, 0.5) is 4.79 Å². The van der Waals surface area contributed by atoms with Gasteiger partial charge in [-0.15, -0.1) is 0 Å². The zero-order chi connectivity index (χ0) is 20.9. The van der Waals surface area contributed by atoms with Gasteiger partial charge in [0, 0.05) is 0 Å². The Balaban J connectivity index is 2.19. The molecule has 0 heterocycles. The Morgan fingerprint density at radius 3 is 1.79 bits per heavy atom. The zero-order valence-corrected chi connectivity index (χ0v) is 16.4. The number of benzene rings is 2. The number of amides is 2. The molecule has 2 aromatic carbocycles. The van der Waals surface area contributed by atoms with E-state index in [0.29, 0.717) is 5.56 Å². The van der Waals surface area contributed by atoms with Crippen LogP contribution in [0.1, 0.15) is 50.9 Å². The first-order valence-electron chi connectivity index (χ1n) is 8.93. The van der Waals surface area contributed by atoms with Crippen LogP contribution in [0.25, 0.3) is 0 Å². The lowest BCUT2D eigenvalue weighted by molar-refractivity contribution is -0.124. The third kappa shape index (κ3) is 6.19. The number of carbonyl (C=O) groups is 2. The van der Waals surface area contributed by atoms with Crippen molar-refractivity contribution < 1.29 is 24.5 Å². The van der Waals surface area contributed by atoms with Crippen LogP contribution in [-0.2, 0) is 9.53 Å². The fourth-order valence-corrected chi connectivity index (χ4v) is 2.54. The molecule has 0 aliphatic carbocycles. The van der Waals surface area contributed by atoms with Crippen molar-refractivity contribution in [2.24, 2.45) is 0 Å². The Hall–Kier alpha value is -3.22. The molecule has 2 rings (SSSR count). The maximum atomic E-state index is 12.9. The van der Waals surface area contributed by atoms with E-state index in [0.717, 1.165) is 5.56 Å². The standard InChI is InChI=1S/C21H26N2O5/c1-13(14-5-9-16(24)10-6-14)22-19(26)18(15-7-11-17(25)12-8-15)23-20(27)28-21(2,3)4/h5-13,18,24-25H,1-4H3,(H,22,26)(H,23,27). The lowest BCUT2D eigenvalue weighted by atomic mass is 10.0. The van der Waals surface area contributed by atoms with Gasteiger partial charge in [0.2, 0.25) is 5.91 Å². The van der Waals surface area contributed by atoms with Crippen LogP contribution in [-0.4, -0.2) is 27.8 Å². The predicted octanol–water partition coefficient (Wildman–Crippen LogP) is 3.54. The minimum atomic E-state index is -1.00. The van der Waals surface area contributed by atoms with Gasteiger partial charge < -0.3 is 25.6 Å². The summed E-state index contributed by atoms with van der Waals surface area (Å²) in [5.41, 5.74) is 0.589. The molecule has 0 aliphatic rings. The van der Waals surface area contributed by atoms with Gasteiger partial charge >= 0.3 is 6.09 Å². The summed E-state index contributed by atoms with van der Waals surface area (Å²) in [7, 11) is 0. The van der Waals surface area contributed by atoms with Gasteiger partial charge in [-0.1, -0.05) is 24.3 Å². The van der Waals surface area contributed by atoms with Gasteiger partial charge in [-0.3, -0.25) is 4.79 Å². The number of hydrogen-bond donors (Lipinski definition) is 4. The van der Waals surface area contributed by atoms with E-state index in [9.17, 15) is 19.8 Å². The van der Waals surface area contributed by atoms with E-state index in [4.69, 9.17) is 4.74 Å². The second-order valence-corrected chi connectivity index (χ2v) is 7.49. The van der Waals surface area contributed by atoms with E-state index < -0.39 is 23.6 Å². The fourth-order valence-electron chi connectivity index (χ4n) is 2.54. The molecule has 2 unspecified atom stereocenters. The number of rotatable bonds is 5. The number of nitrogens with one attached hydrogen (secondary N) is 2. The van der Waals surface area contributed by atoms with E-state index in [1.165, 1.54) is 24.3 Å². The SMILES string of the molecule is CC(NC(=O)C(NC(=O)OC(C)(C)C)c1ccc(O)cc1)c1ccc(O)cc1. The Morgan fingerprint density at radius 2 is 1.32 bits per heavy atom. The molecule has 28 heavy (non-hydrogen) atoms. The van der Waals surface area contributed by atoms with Crippen LogP contribution in [0.3, 0.4) is 0 Å². The van der Waals surface area contributed by atoms with Crippen LogP contribution < -0.4 is 10.6 Å². The zero-order valence-electron chi connectivity index (χ0n) is 16.4. The van der Waals surface area contributed by atoms with Crippen molar-refractivity contribution in [2.45, 2.75) is 45.4 Å². The maximum Gasteiger partial charge on any atom is 0.408 e. The van der Waals surface area contributed by atoms with Crippen molar-refractivity contribution in [2.75, 3.05) is 0 Å². The molecule has 2 atom stereocenters. The van der Waals surface area contributed by atoms with E-state index >= 15 is 0 Å². The van der Waals surface area contributed by atoms with Gasteiger partial charge in [0.05, 0.1) is 6.04 Å². The molecular weight excluding hydrogens is 360 g/mol. The number of phenolic OH excluding ortho intramolecular Hbond substituents is 2. The van der Waals surface area contributed by atoms with Crippen LogP contribution in [0.2, 0.25) is 0 Å². The summed E-state index contributed by atoms with van der Waals surface area (Å²) in [6, 6.07) is 11.1. The monoisotopic (exact) mass is 386 g/mol. The van der Waals surface area contributed by atoms with Crippen LogP contribution >= 0.6 is 0 Å². The quantitative estimate of drug-likeness (QED) is 0.629. The molecule has 150 valence electrons. The number of ether oxygens (including phenoxy) is 1. The average molecular weight is 386 g/mol. The summed E-state index contributed by atoms with van der Waals surface area (Å²) in [5, 5.41) is 24.3. The van der Waals surface area contributed by atoms with Crippen molar-refractivity contribution in [3.63, 3.8) is 0 Å². The highest BCUT2D eigenvalue weighted by molar-refractivity contribution is 5.87. The molecule has 7 nitrogen and oxygen atoms in total. The topological polar surface area (TPSA) is 108 Å². The van der Waals surface area contributed by atoms with Gasteiger partial charge in [-0.25, -0.2) is 4.79 Å². The lowest BCUT2D eigenvalue weighted by Gasteiger charge is -2.25. The molecule has 0 saturated carbocycles. The first-order chi connectivity index (χ1) is 13.0. The van der Waals surface area contributed by atoms with Crippen LogP contribution in [0.15, 0.2) is 48.5 Å². The molecule has 7 heteroatoms. The number of carbonyl (C=O) groups excluding carboxylic acids is 2. The molecule has 4 N–H and O–H groups in total. The van der Waals surface area contributed by atoms with Crippen molar-refractivity contribution in [1.82, 2.24) is 10.6 Å². The summed E-state index contributed by atoms with van der Waals surface area (Å²) in [4.78, 5) is 25.1. The van der Waals surface area contributed by atoms with Gasteiger partial charge in [0.1, 0.15) is 23.1 Å². The Morgan fingerprint density at radius 1 is 0.857 bits per heavy atom. The molecule has 0 aromatic heterocycles. The molecule has 0 fully saturated rings. The molecule has 2 amide bonds. The number of aromatic hydroxyl groups is 2. The third-order valence-corrected chi connectivity index (χ3v) is 3.90. The summed E-state index contributed by atoms with van der Waals surface area (Å²) in [6.07, 6.45) is -0.724. The largest absolute Gasteiger partial charge is 0.508 e. The fraction of sp³-hybridized carbons (Fsp3) is 0.333. The first-order valence-corrected chi connectivity index (χ1v) is 8.93. The second-order valence-electron chi connectivity index (χ2n) is 7.49. The molecule has 0 aliphatic heterocycles. The highest BCUT2D eigenvalue weighted by atomic mass is 16.6. The van der Waals surface area contributed by atoms with E-state index in [1.54, 1.807) is 52.0 Å². The van der Waals surface area contributed by atoms with Crippen molar-refractivity contribution >= 4 is 12.0 Å². The third-order valence-electron chi connectivity index (χ3n) is 3.90. The summed E-state index contributed by atoms with van der Waals surface area (Å²) in [6.45, 7) is 6.99. The number of alkyl carbamates (subject to hydrolysis) is 1. The van der Waals surface area contributed by atoms with E-state index in [2.05, 4.69) is 10.6 Å². The van der Waals surface area contributed by atoms with Crippen LogP contribution in [0.5, 0.6) is 11.5 Å². The first kappa shape index (κ1) is 21.1. The van der Waals surface area contributed by atoms with Crippen LogP contribution in [0, 0.1) is 0 Å². The van der Waals surface area contributed by atoms with Crippen molar-refractivity contribution in [1.29, 1.82) is 0 Å². The predicted molar refractivity (Wildman–Crippen MR) is 105 cm³/mol. The molecule has 0 spiro atoms. The molecular formula is C21H26N2O5. The van der Waals surface area contributed by atoms with E-state index in [-0.39, 0.29) is 17.5 Å². The van der Waals surface area contributed by atoms with Gasteiger partial charge in [-0.05, 0) is 63.1 Å². The highest BCUT2D eigenvalue weighted by Crippen LogP contribution is 2.21. The van der Waals surface area contributed by atoms with E-state index in [1.807, 2.05) is 0 Å². The molecule has 0 bridgehead atoms. The summed E-state index contributed by atoms with van der Waals surface area (Å²) in [5.74, 6) is -0.245. The minimum absolute atomic E-state index is 0.0534. The Bertz CT molecular complexity index is 810.